The summed E-state index contributed by atoms with van der Waals surface area (Å²) >= 11 is 0.974. The number of ether oxygens (including phenoxy) is 1. The number of hydrogen-bond acceptors (Lipinski definition) is 6. The average Bonchev–Trinajstić information content (AvgIpc) is 2.79. The number of aryl methyl sites for hydroxylation is 1. The van der Waals surface area contributed by atoms with E-state index in [0.29, 0.717) is 37.0 Å². The second-order valence-electron chi connectivity index (χ2n) is 4.16. The highest BCUT2D eigenvalue weighted by Gasteiger charge is 2.24. The molecule has 0 bridgehead atoms. The van der Waals surface area contributed by atoms with Gasteiger partial charge in [0.2, 0.25) is 0 Å². The van der Waals surface area contributed by atoms with Crippen molar-refractivity contribution in [3.05, 3.63) is 15.6 Å². The molecule has 2 heterocycles. The van der Waals surface area contributed by atoms with Crippen molar-refractivity contribution in [2.75, 3.05) is 26.3 Å². The van der Waals surface area contributed by atoms with Gasteiger partial charge in [-0.15, -0.1) is 11.3 Å². The van der Waals surface area contributed by atoms with Crippen LogP contribution in [-0.4, -0.2) is 55.1 Å². The van der Waals surface area contributed by atoms with Gasteiger partial charge in [-0.3, -0.25) is 0 Å². The highest BCUT2D eigenvalue weighted by Crippen LogP contribution is 2.18. The maximum atomic E-state index is 12.0. The molecule has 2 N–H and O–H groups in total. The maximum absolute atomic E-state index is 12.0. The van der Waals surface area contributed by atoms with Crippen LogP contribution in [0.25, 0.3) is 0 Å². The van der Waals surface area contributed by atoms with Gasteiger partial charge in [-0.1, -0.05) is 0 Å². The van der Waals surface area contributed by atoms with Gasteiger partial charge in [0.1, 0.15) is 9.88 Å². The first-order valence-corrected chi connectivity index (χ1v) is 8.18. The van der Waals surface area contributed by atoms with Crippen molar-refractivity contribution in [1.82, 2.24) is 14.0 Å². The van der Waals surface area contributed by atoms with E-state index in [9.17, 15) is 13.2 Å². The summed E-state index contributed by atoms with van der Waals surface area (Å²) in [5.41, 5.74) is 0.392. The van der Waals surface area contributed by atoms with Crippen molar-refractivity contribution < 1.29 is 23.1 Å². The van der Waals surface area contributed by atoms with Crippen LogP contribution in [-0.2, 0) is 21.5 Å². The number of thiazole rings is 1. The second-order valence-corrected chi connectivity index (χ2v) is 7.00. The molecule has 0 amide bonds. The number of carbonyl (C=O) groups is 1. The molecule has 20 heavy (non-hydrogen) atoms. The quantitative estimate of drug-likeness (QED) is 0.778. The molecule has 1 aromatic rings. The Bertz CT molecular complexity index is 592. The Morgan fingerprint density at radius 2 is 2.15 bits per heavy atom. The summed E-state index contributed by atoms with van der Waals surface area (Å²) in [4.78, 5) is 15.1. The molecular weight excluding hydrogens is 306 g/mol. The van der Waals surface area contributed by atoms with Gasteiger partial charge in [0.05, 0.1) is 25.5 Å². The van der Waals surface area contributed by atoms with Crippen molar-refractivity contribution in [3.63, 3.8) is 0 Å². The molecule has 10 heteroatoms. The first-order chi connectivity index (χ1) is 9.40. The number of nitrogens with zero attached hydrogens (tertiary/aromatic N) is 2. The normalized spacial score (nSPS) is 17.2. The summed E-state index contributed by atoms with van der Waals surface area (Å²) in [6, 6.07) is 0. The molecule has 112 valence electrons. The average molecular weight is 321 g/mol. The highest BCUT2D eigenvalue weighted by molar-refractivity contribution is 7.87. The molecule has 0 aromatic carbocycles. The lowest BCUT2D eigenvalue weighted by atomic mass is 10.4. The lowest BCUT2D eigenvalue weighted by Crippen LogP contribution is -2.46. The van der Waals surface area contributed by atoms with Gasteiger partial charge >= 0.3 is 5.97 Å². The molecule has 1 saturated heterocycles. The van der Waals surface area contributed by atoms with E-state index >= 15 is 0 Å². The zero-order valence-corrected chi connectivity index (χ0v) is 12.5. The second kappa shape index (κ2) is 6.14. The zero-order valence-electron chi connectivity index (χ0n) is 10.8. The van der Waals surface area contributed by atoms with Crippen LogP contribution in [0.3, 0.4) is 0 Å². The SMILES string of the molecule is Cc1nc(CNS(=O)(=O)N2CCOCC2)sc1C(=O)O. The van der Waals surface area contributed by atoms with E-state index in [0.717, 1.165) is 11.3 Å². The summed E-state index contributed by atoms with van der Waals surface area (Å²) in [7, 11) is -3.58. The van der Waals surface area contributed by atoms with Crippen LogP contribution >= 0.6 is 11.3 Å². The van der Waals surface area contributed by atoms with Crippen LogP contribution in [0.4, 0.5) is 0 Å². The van der Waals surface area contributed by atoms with Crippen molar-refractivity contribution >= 4 is 27.5 Å². The molecule has 0 radical (unpaired) electrons. The van der Waals surface area contributed by atoms with Gasteiger partial charge in [-0.2, -0.15) is 17.4 Å². The van der Waals surface area contributed by atoms with Crippen LogP contribution in [0, 0.1) is 6.92 Å². The van der Waals surface area contributed by atoms with Gasteiger partial charge in [0, 0.05) is 13.1 Å². The fraction of sp³-hybridized carbons (Fsp3) is 0.600. The van der Waals surface area contributed by atoms with E-state index in [4.69, 9.17) is 9.84 Å². The number of aromatic nitrogens is 1. The molecular formula is C10H15N3O5S2. The first-order valence-electron chi connectivity index (χ1n) is 5.92. The summed E-state index contributed by atoms with van der Waals surface area (Å²) in [6.45, 7) is 2.94. The number of nitrogens with one attached hydrogen (secondary N) is 1. The Hall–Kier alpha value is -1.07. The number of morpholine rings is 1. The minimum Gasteiger partial charge on any atom is -0.477 e. The van der Waals surface area contributed by atoms with Crippen LogP contribution in [0.5, 0.6) is 0 Å². The van der Waals surface area contributed by atoms with Gasteiger partial charge in [-0.25, -0.2) is 9.78 Å². The molecule has 1 fully saturated rings. The minimum atomic E-state index is -3.58. The van der Waals surface area contributed by atoms with Gasteiger partial charge in [-0.05, 0) is 6.92 Å². The van der Waals surface area contributed by atoms with E-state index in [1.54, 1.807) is 6.92 Å². The van der Waals surface area contributed by atoms with E-state index in [2.05, 4.69) is 9.71 Å². The summed E-state index contributed by atoms with van der Waals surface area (Å²) < 4.78 is 32.8. The smallest absolute Gasteiger partial charge is 0.347 e. The molecule has 2 rings (SSSR count). The highest BCUT2D eigenvalue weighted by atomic mass is 32.2. The standard InChI is InChI=1S/C10H15N3O5S2/c1-7-9(10(14)15)19-8(12-7)6-11-20(16,17)13-2-4-18-5-3-13/h11H,2-6H2,1H3,(H,14,15). The van der Waals surface area contributed by atoms with Crippen LogP contribution < -0.4 is 4.72 Å². The number of carboxylic acids is 1. The first kappa shape index (κ1) is 15.3. The third-order valence-electron chi connectivity index (χ3n) is 2.75. The summed E-state index contributed by atoms with van der Waals surface area (Å²) in [5.74, 6) is -1.05. The van der Waals surface area contributed by atoms with Gasteiger partial charge < -0.3 is 9.84 Å². The Morgan fingerprint density at radius 3 is 2.70 bits per heavy atom. The molecule has 8 nitrogen and oxygen atoms in total. The molecule has 0 atom stereocenters. The predicted molar refractivity (Wildman–Crippen MR) is 72.0 cm³/mol. The molecule has 1 aliphatic heterocycles. The Morgan fingerprint density at radius 1 is 1.50 bits per heavy atom. The molecule has 1 aliphatic rings. The Labute approximate surface area is 120 Å². The van der Waals surface area contributed by atoms with Gasteiger partial charge in [0.15, 0.2) is 0 Å². The molecule has 1 aromatic heterocycles. The van der Waals surface area contributed by atoms with Crippen molar-refractivity contribution in [2.24, 2.45) is 0 Å². The molecule has 0 spiro atoms. The Balaban J connectivity index is 2.00. The number of rotatable bonds is 5. The number of hydrogen-bond donors (Lipinski definition) is 2. The lowest BCUT2D eigenvalue weighted by Gasteiger charge is -2.25. The predicted octanol–water partition coefficient (Wildman–Crippen LogP) is -0.184. The monoisotopic (exact) mass is 321 g/mol. The lowest BCUT2D eigenvalue weighted by molar-refractivity contribution is 0.0701. The summed E-state index contributed by atoms with van der Waals surface area (Å²) in [6.07, 6.45) is 0. The molecule has 0 aliphatic carbocycles. The van der Waals surface area contributed by atoms with Crippen molar-refractivity contribution in [3.8, 4) is 0 Å². The third-order valence-corrected chi connectivity index (χ3v) is 5.45. The third kappa shape index (κ3) is 3.52. The van der Waals surface area contributed by atoms with Crippen LogP contribution in [0.1, 0.15) is 20.4 Å². The van der Waals surface area contributed by atoms with Crippen LogP contribution in [0.15, 0.2) is 0 Å². The summed E-state index contributed by atoms with van der Waals surface area (Å²) in [5, 5.41) is 9.35. The van der Waals surface area contributed by atoms with Crippen molar-refractivity contribution in [2.45, 2.75) is 13.5 Å². The van der Waals surface area contributed by atoms with E-state index in [1.165, 1.54) is 4.31 Å². The number of aromatic carboxylic acids is 1. The molecule has 0 unspecified atom stereocenters. The van der Waals surface area contributed by atoms with Gasteiger partial charge in [0.25, 0.3) is 10.2 Å². The van der Waals surface area contributed by atoms with E-state index in [1.807, 2.05) is 0 Å². The zero-order chi connectivity index (χ0) is 14.8. The van der Waals surface area contributed by atoms with Crippen LogP contribution in [0.2, 0.25) is 0 Å². The van der Waals surface area contributed by atoms with E-state index < -0.39 is 16.2 Å². The Kier molecular flexibility index (Phi) is 4.70. The topological polar surface area (TPSA) is 109 Å². The molecule has 0 saturated carbocycles. The van der Waals surface area contributed by atoms with Crippen molar-refractivity contribution in [1.29, 1.82) is 0 Å². The fourth-order valence-electron chi connectivity index (χ4n) is 1.76. The maximum Gasteiger partial charge on any atom is 0.347 e. The number of carboxylic acid groups (broad SMARTS) is 1. The fourth-order valence-corrected chi connectivity index (χ4v) is 3.82. The van der Waals surface area contributed by atoms with E-state index in [-0.39, 0.29) is 11.4 Å². The largest absolute Gasteiger partial charge is 0.477 e. The minimum absolute atomic E-state index is 0.0154.